The van der Waals surface area contributed by atoms with E-state index in [0.717, 1.165) is 6.33 Å². The summed E-state index contributed by atoms with van der Waals surface area (Å²) in [6, 6.07) is 0. The zero-order valence-corrected chi connectivity index (χ0v) is 20.2. The molecule has 7 atom stereocenters. The minimum atomic E-state index is -5.70. The monoisotopic (exact) mass is 568 g/mol. The normalized spacial score (nSPS) is 27.0. The van der Waals surface area contributed by atoms with Crippen LogP contribution in [-0.2, 0) is 31.6 Å². The van der Waals surface area contributed by atoms with Crippen LogP contribution in [0.25, 0.3) is 11.2 Å². The second-order valence-electron chi connectivity index (χ2n) is 6.76. The molecule has 0 aliphatic carbocycles. The topological polar surface area (TPSA) is 325 Å². The van der Waals surface area contributed by atoms with E-state index in [1.54, 1.807) is 0 Å². The molecule has 1 fully saturated rings. The molecule has 0 aromatic carbocycles. The van der Waals surface area contributed by atoms with Crippen LogP contribution in [0, 0.1) is 0 Å². The summed E-state index contributed by atoms with van der Waals surface area (Å²) in [5.74, 6) is 0.0426. The Morgan fingerprint density at radius 1 is 1.09 bits per heavy atom. The SMILES string of the molecule is CC(N)O.Nc1ncnc2c1ncn2[C@@H]1O[C@H](COP(=O)(O)OP(=O)(O)OP(=O)(O)O)C(O)C1O. The van der Waals surface area contributed by atoms with E-state index in [1.807, 2.05) is 0 Å². The Kier molecular flexibility index (Phi) is 9.62. The van der Waals surface area contributed by atoms with Crippen molar-refractivity contribution in [2.45, 2.75) is 37.7 Å². The first kappa shape index (κ1) is 29.8. The van der Waals surface area contributed by atoms with Crippen molar-refractivity contribution >= 4 is 40.4 Å². The molecule has 3 heterocycles. The largest absolute Gasteiger partial charge is 0.490 e. The van der Waals surface area contributed by atoms with Gasteiger partial charge in [-0.25, -0.2) is 28.6 Å². The average molecular weight is 568 g/mol. The highest BCUT2D eigenvalue weighted by Gasteiger charge is 2.47. The molecule has 1 saturated heterocycles. The van der Waals surface area contributed by atoms with Gasteiger partial charge in [0, 0.05) is 0 Å². The number of nitrogen functional groups attached to an aromatic ring is 1. The number of hydrogen-bond acceptors (Lipinski definition) is 15. The fourth-order valence-electron chi connectivity index (χ4n) is 2.62. The van der Waals surface area contributed by atoms with Gasteiger partial charge in [0.2, 0.25) is 0 Å². The maximum atomic E-state index is 11.8. The zero-order chi connectivity index (χ0) is 26.8. The van der Waals surface area contributed by atoms with Crippen LogP contribution in [0.3, 0.4) is 0 Å². The van der Waals surface area contributed by atoms with Gasteiger partial charge in [-0.1, -0.05) is 0 Å². The van der Waals surface area contributed by atoms with Crippen molar-refractivity contribution in [1.29, 1.82) is 0 Å². The molecule has 2 aromatic heterocycles. The van der Waals surface area contributed by atoms with Crippen LogP contribution in [0.4, 0.5) is 5.82 Å². The number of imidazole rings is 1. The Balaban J connectivity index is 0.00000100. The molecular weight excluding hydrogens is 545 g/mol. The van der Waals surface area contributed by atoms with E-state index >= 15 is 0 Å². The molecule has 23 heteroatoms. The van der Waals surface area contributed by atoms with Crippen LogP contribution in [0.2, 0.25) is 0 Å². The van der Waals surface area contributed by atoms with Crippen LogP contribution in [0.5, 0.6) is 0 Å². The van der Waals surface area contributed by atoms with Crippen LogP contribution in [0.15, 0.2) is 12.7 Å². The summed E-state index contributed by atoms with van der Waals surface area (Å²) in [5.41, 5.74) is 10.7. The summed E-state index contributed by atoms with van der Waals surface area (Å²) >= 11 is 0. The van der Waals surface area contributed by atoms with Crippen molar-refractivity contribution in [2.75, 3.05) is 12.3 Å². The lowest BCUT2D eigenvalue weighted by Crippen LogP contribution is -2.33. The van der Waals surface area contributed by atoms with Crippen molar-refractivity contribution < 1.29 is 66.5 Å². The fraction of sp³-hybridized carbons (Fsp3) is 0.583. The Labute approximate surface area is 195 Å². The highest BCUT2D eigenvalue weighted by atomic mass is 31.3. The number of rotatable bonds is 8. The molecule has 5 unspecified atom stereocenters. The fourth-order valence-corrected chi connectivity index (χ4v) is 5.65. The number of anilines is 1. The molecule has 0 bridgehead atoms. The number of aliphatic hydroxyl groups is 3. The molecule has 0 spiro atoms. The molecule has 2 aromatic rings. The van der Waals surface area contributed by atoms with E-state index < -0.39 is 60.8 Å². The van der Waals surface area contributed by atoms with E-state index in [2.05, 4.69) is 33.8 Å². The highest BCUT2D eigenvalue weighted by molar-refractivity contribution is 7.66. The Hall–Kier alpha value is -1.44. The van der Waals surface area contributed by atoms with E-state index in [4.69, 9.17) is 30.3 Å². The number of nitrogens with two attached hydrogens (primary N) is 2. The quantitative estimate of drug-likeness (QED) is 0.119. The van der Waals surface area contributed by atoms with Crippen molar-refractivity contribution in [1.82, 2.24) is 19.5 Å². The summed E-state index contributed by atoms with van der Waals surface area (Å²) in [4.78, 5) is 47.2. The predicted molar refractivity (Wildman–Crippen MR) is 111 cm³/mol. The number of ether oxygens (including phenoxy) is 1. The zero-order valence-electron chi connectivity index (χ0n) is 17.5. The number of phosphoric ester groups is 1. The summed E-state index contributed by atoms with van der Waals surface area (Å²) in [6.07, 6.45) is -4.36. The number of aromatic nitrogens is 4. The minimum Gasteiger partial charge on any atom is -0.387 e. The number of aliphatic hydroxyl groups excluding tert-OH is 3. The highest BCUT2D eigenvalue weighted by Crippen LogP contribution is 2.66. The predicted octanol–water partition coefficient (Wildman–Crippen LogP) is -2.35. The van der Waals surface area contributed by atoms with E-state index in [1.165, 1.54) is 17.8 Å². The third-order valence-corrected chi connectivity index (χ3v) is 7.62. The van der Waals surface area contributed by atoms with Crippen LogP contribution in [0.1, 0.15) is 13.2 Å². The van der Waals surface area contributed by atoms with Crippen molar-refractivity contribution in [2.24, 2.45) is 5.73 Å². The smallest absolute Gasteiger partial charge is 0.387 e. The lowest BCUT2D eigenvalue weighted by Gasteiger charge is -2.19. The van der Waals surface area contributed by atoms with Crippen LogP contribution >= 0.6 is 23.5 Å². The second kappa shape index (κ2) is 11.3. The van der Waals surface area contributed by atoms with Gasteiger partial charge in [-0.3, -0.25) is 9.09 Å². The minimum absolute atomic E-state index is 0.0426. The van der Waals surface area contributed by atoms with Gasteiger partial charge >= 0.3 is 23.5 Å². The van der Waals surface area contributed by atoms with E-state index in [-0.39, 0.29) is 17.0 Å². The lowest BCUT2D eigenvalue weighted by atomic mass is 10.1. The summed E-state index contributed by atoms with van der Waals surface area (Å²) in [6.45, 7) is 0.544. The maximum Gasteiger partial charge on any atom is 0.490 e. The molecule has 0 saturated carbocycles. The molecule has 20 nitrogen and oxygen atoms in total. The summed E-state index contributed by atoms with van der Waals surface area (Å²) < 4.78 is 51.9. The van der Waals surface area contributed by atoms with Crippen molar-refractivity contribution in [3.05, 3.63) is 12.7 Å². The van der Waals surface area contributed by atoms with Gasteiger partial charge in [0.1, 0.15) is 30.2 Å². The standard InChI is InChI=1S/C10H16N5O13P3.C2H7NO/c11-8-5-9(13-2-12-8)15(3-14-5)10-7(17)6(16)4(26-10)1-25-30(21,22)28-31(23,24)27-29(18,19)20;1-2(3)4/h2-4,6-7,10,16-17H,1H2,(H,21,22)(H,23,24)(H2,11,12,13)(H2,18,19,20);2,4H,3H2,1H3/t4-,6?,7?,10-;/m1./s1. The molecule has 3 rings (SSSR count). The van der Waals surface area contributed by atoms with Crippen molar-refractivity contribution in [3.63, 3.8) is 0 Å². The van der Waals surface area contributed by atoms with Crippen molar-refractivity contribution in [3.8, 4) is 0 Å². The van der Waals surface area contributed by atoms with Gasteiger partial charge in [-0.15, -0.1) is 0 Å². The molecular formula is C12H23N6O14P3. The average Bonchev–Trinajstić information content (AvgIpc) is 3.20. The Morgan fingerprint density at radius 3 is 2.26 bits per heavy atom. The Bertz CT molecular complexity index is 1150. The third-order valence-electron chi connectivity index (χ3n) is 3.82. The van der Waals surface area contributed by atoms with Gasteiger partial charge in [0.15, 0.2) is 17.7 Å². The molecule has 200 valence electrons. The van der Waals surface area contributed by atoms with Crippen LogP contribution in [-0.4, -0.2) is 85.6 Å². The van der Waals surface area contributed by atoms with Gasteiger partial charge in [0.25, 0.3) is 0 Å². The first-order chi connectivity index (χ1) is 15.9. The molecule has 1 aliphatic heterocycles. The Morgan fingerprint density at radius 2 is 1.69 bits per heavy atom. The van der Waals surface area contributed by atoms with Gasteiger partial charge < -0.3 is 51.1 Å². The van der Waals surface area contributed by atoms with Gasteiger partial charge in [-0.05, 0) is 6.92 Å². The van der Waals surface area contributed by atoms with Gasteiger partial charge in [-0.2, -0.15) is 8.62 Å². The second-order valence-corrected chi connectivity index (χ2v) is 11.2. The number of phosphoric acid groups is 3. The number of fused-ring (bicyclic) bond motifs is 1. The third kappa shape index (κ3) is 8.57. The van der Waals surface area contributed by atoms with E-state index in [9.17, 15) is 28.8 Å². The molecule has 0 radical (unpaired) electrons. The summed E-state index contributed by atoms with van der Waals surface area (Å²) in [5, 5.41) is 28.2. The molecule has 11 N–H and O–H groups in total. The molecule has 35 heavy (non-hydrogen) atoms. The lowest BCUT2D eigenvalue weighted by molar-refractivity contribution is -0.0503. The first-order valence-corrected chi connectivity index (χ1v) is 13.6. The number of hydrogen-bond donors (Lipinski definition) is 9. The van der Waals surface area contributed by atoms with E-state index in [0.29, 0.717) is 0 Å². The first-order valence-electron chi connectivity index (χ1n) is 9.09. The summed E-state index contributed by atoms with van der Waals surface area (Å²) in [7, 11) is -16.7. The molecule has 0 amide bonds. The number of nitrogens with zero attached hydrogens (tertiary/aromatic N) is 4. The van der Waals surface area contributed by atoms with Gasteiger partial charge in [0.05, 0.1) is 19.2 Å². The maximum absolute atomic E-state index is 11.8. The molecule has 1 aliphatic rings. The van der Waals surface area contributed by atoms with Crippen LogP contribution < -0.4 is 11.5 Å².